The highest BCUT2D eigenvalue weighted by molar-refractivity contribution is 6.18. The molecular weight excluding hydrogens is 414 g/mol. The predicted octanol–water partition coefficient (Wildman–Crippen LogP) is 3.63. The molecule has 33 heavy (non-hydrogen) atoms. The van der Waals surface area contributed by atoms with Crippen LogP contribution in [0.1, 0.15) is 63.4 Å². The molecule has 3 N–H and O–H groups in total. The van der Waals surface area contributed by atoms with Gasteiger partial charge in [-0.25, -0.2) is 0 Å². The molecule has 7 nitrogen and oxygen atoms in total. The van der Waals surface area contributed by atoms with Crippen molar-refractivity contribution in [3.8, 4) is 0 Å². The van der Waals surface area contributed by atoms with Gasteiger partial charge in [-0.1, -0.05) is 31.4 Å². The summed E-state index contributed by atoms with van der Waals surface area (Å²) in [5.74, 6) is -0.314. The monoisotopic (exact) mass is 453 g/mol. The smallest absolute Gasteiger partial charge is 0.235 e. The van der Waals surface area contributed by atoms with E-state index in [1.165, 1.54) is 38.6 Å². The van der Waals surface area contributed by atoms with Crippen LogP contribution in [0.5, 0.6) is 0 Å². The third kappa shape index (κ3) is 5.40. The maximum Gasteiger partial charge on any atom is 0.235 e. The summed E-state index contributed by atoms with van der Waals surface area (Å²) in [6, 6.07) is 6.63. The van der Waals surface area contributed by atoms with Gasteiger partial charge in [0.2, 0.25) is 11.8 Å². The van der Waals surface area contributed by atoms with Crippen molar-refractivity contribution >= 4 is 28.9 Å². The van der Waals surface area contributed by atoms with E-state index in [0.29, 0.717) is 12.5 Å². The zero-order valence-electron chi connectivity index (χ0n) is 20.2. The predicted molar refractivity (Wildman–Crippen MR) is 133 cm³/mol. The van der Waals surface area contributed by atoms with E-state index < -0.39 is 5.92 Å². The number of rotatable bonds is 7. The van der Waals surface area contributed by atoms with Crippen LogP contribution in [-0.4, -0.2) is 62.2 Å². The molecule has 2 heterocycles. The number of hydrogen-bond donors (Lipinski definition) is 3. The van der Waals surface area contributed by atoms with Crippen LogP contribution in [0.3, 0.4) is 0 Å². The maximum atomic E-state index is 12.3. The summed E-state index contributed by atoms with van der Waals surface area (Å²) in [4.78, 5) is 28.9. The highest BCUT2D eigenvalue weighted by Gasteiger charge is 2.32. The van der Waals surface area contributed by atoms with E-state index in [1.807, 2.05) is 19.2 Å². The van der Waals surface area contributed by atoms with Gasteiger partial charge in [0.25, 0.3) is 0 Å². The molecule has 3 aliphatic rings. The van der Waals surface area contributed by atoms with E-state index in [-0.39, 0.29) is 23.9 Å². The minimum Gasteiger partial charge on any atom is -0.386 e. The largest absolute Gasteiger partial charge is 0.386 e. The second kappa shape index (κ2) is 10.7. The lowest BCUT2D eigenvalue weighted by molar-refractivity contribution is -0.134. The number of hydrogen-bond acceptors (Lipinski definition) is 6. The normalized spacial score (nSPS) is 23.0. The van der Waals surface area contributed by atoms with Gasteiger partial charge in [-0.15, -0.1) is 0 Å². The summed E-state index contributed by atoms with van der Waals surface area (Å²) >= 11 is 0. The van der Waals surface area contributed by atoms with Crippen molar-refractivity contribution in [2.24, 2.45) is 11.8 Å². The highest BCUT2D eigenvalue weighted by atomic mass is 16.2. The molecule has 1 unspecified atom stereocenters. The van der Waals surface area contributed by atoms with Crippen molar-refractivity contribution in [1.29, 1.82) is 5.41 Å². The fraction of sp³-hybridized carbons (Fsp3) is 0.654. The molecule has 2 amide bonds. The molecule has 1 aliphatic carbocycles. The summed E-state index contributed by atoms with van der Waals surface area (Å²) < 4.78 is 0. The lowest BCUT2D eigenvalue weighted by atomic mass is 9.87. The van der Waals surface area contributed by atoms with Crippen molar-refractivity contribution in [2.75, 3.05) is 43.9 Å². The first-order valence-corrected chi connectivity index (χ1v) is 12.7. The van der Waals surface area contributed by atoms with E-state index in [4.69, 9.17) is 5.41 Å². The van der Waals surface area contributed by atoms with Crippen LogP contribution in [0.15, 0.2) is 18.2 Å². The molecule has 0 spiro atoms. The van der Waals surface area contributed by atoms with Crippen LogP contribution in [0.2, 0.25) is 0 Å². The number of nitrogens with one attached hydrogen (secondary N) is 3. The Morgan fingerprint density at radius 2 is 1.85 bits per heavy atom. The average Bonchev–Trinajstić information content (AvgIpc) is 2.84. The van der Waals surface area contributed by atoms with Gasteiger partial charge in [0.1, 0.15) is 0 Å². The molecule has 4 rings (SSSR count). The van der Waals surface area contributed by atoms with Crippen molar-refractivity contribution in [3.05, 3.63) is 23.8 Å². The first-order valence-electron chi connectivity index (χ1n) is 12.7. The Bertz CT molecular complexity index is 871. The number of carbonyl (C=O) groups is 2. The average molecular weight is 454 g/mol. The van der Waals surface area contributed by atoms with Crippen LogP contribution in [0.25, 0.3) is 0 Å². The molecule has 180 valence electrons. The molecule has 0 radical (unpaired) electrons. The Hall–Kier alpha value is -2.41. The van der Waals surface area contributed by atoms with E-state index in [9.17, 15) is 9.59 Å². The zero-order chi connectivity index (χ0) is 23.4. The molecule has 3 fully saturated rings. The van der Waals surface area contributed by atoms with Crippen molar-refractivity contribution in [2.45, 2.75) is 63.8 Å². The minimum atomic E-state index is -0.579. The maximum absolute atomic E-state index is 12.3. The van der Waals surface area contributed by atoms with Crippen LogP contribution in [0.4, 0.5) is 11.4 Å². The van der Waals surface area contributed by atoms with Gasteiger partial charge >= 0.3 is 0 Å². The second-order valence-electron chi connectivity index (χ2n) is 10.0. The second-order valence-corrected chi connectivity index (χ2v) is 10.0. The van der Waals surface area contributed by atoms with Gasteiger partial charge in [0.05, 0.1) is 23.0 Å². The number of imide groups is 1. The molecule has 2 saturated heterocycles. The number of nitrogens with zero attached hydrogens (tertiary/aromatic N) is 2. The van der Waals surface area contributed by atoms with Crippen LogP contribution < -0.4 is 15.5 Å². The van der Waals surface area contributed by atoms with E-state index >= 15 is 0 Å². The van der Waals surface area contributed by atoms with Crippen molar-refractivity contribution < 1.29 is 9.59 Å². The molecule has 2 aliphatic heterocycles. The molecule has 7 heteroatoms. The minimum absolute atomic E-state index is 0.247. The van der Waals surface area contributed by atoms with Gasteiger partial charge in [0, 0.05) is 44.7 Å². The number of benzene rings is 1. The molecular formula is C26H39N5O2. The van der Waals surface area contributed by atoms with Gasteiger partial charge in [-0.05, 0) is 51.1 Å². The summed E-state index contributed by atoms with van der Waals surface area (Å²) in [7, 11) is 4.18. The Morgan fingerprint density at radius 3 is 2.52 bits per heavy atom. The van der Waals surface area contributed by atoms with E-state index in [0.717, 1.165) is 48.8 Å². The topological polar surface area (TPSA) is 88.5 Å². The first kappa shape index (κ1) is 23.7. The third-order valence-electron chi connectivity index (χ3n) is 7.87. The quantitative estimate of drug-likeness (QED) is 0.433. The Balaban J connectivity index is 1.42. The number of piperidine rings is 2. The molecule has 1 saturated carbocycles. The molecule has 0 bridgehead atoms. The van der Waals surface area contributed by atoms with Gasteiger partial charge in [0.15, 0.2) is 0 Å². The summed E-state index contributed by atoms with van der Waals surface area (Å²) in [6.07, 6.45) is 9.95. The number of para-hydroxylation sites is 1. The van der Waals surface area contributed by atoms with Crippen LogP contribution in [-0.2, 0) is 9.59 Å². The number of carbonyl (C=O) groups excluding carboxylic acids is 2. The lowest BCUT2D eigenvalue weighted by Gasteiger charge is -2.40. The van der Waals surface area contributed by atoms with Gasteiger partial charge in [-0.2, -0.15) is 0 Å². The lowest BCUT2D eigenvalue weighted by Crippen LogP contribution is -2.45. The van der Waals surface area contributed by atoms with Gasteiger partial charge in [-0.3, -0.25) is 14.9 Å². The molecule has 0 aromatic heterocycles. The van der Waals surface area contributed by atoms with Crippen molar-refractivity contribution in [1.82, 2.24) is 10.2 Å². The standard InChI is InChI=1S/C26H39N5O2/c1-28-25-20(24(27)21-11-12-23(32)29-26(21)33)9-6-10-22(25)31-15-13-19(14-16-31)30(2)17-18-7-4-3-5-8-18/h6,9-10,18-19,21,27-28H,3-5,7-8,11-17H2,1-2H3,(H,29,32,33). The van der Waals surface area contributed by atoms with E-state index in [1.54, 1.807) is 0 Å². The number of anilines is 2. The van der Waals surface area contributed by atoms with Crippen LogP contribution >= 0.6 is 0 Å². The number of amides is 2. The zero-order valence-corrected chi connectivity index (χ0v) is 20.2. The molecule has 1 atom stereocenters. The SMILES string of the molecule is CNc1c(C(=N)C2CCC(=O)NC2=O)cccc1N1CCC(N(C)CC2CCCCC2)CC1. The summed E-state index contributed by atoms with van der Waals surface area (Å²) in [5.41, 5.74) is 3.04. The molecule has 1 aromatic carbocycles. The highest BCUT2D eigenvalue weighted by Crippen LogP contribution is 2.34. The Kier molecular flexibility index (Phi) is 7.68. The Labute approximate surface area is 197 Å². The van der Waals surface area contributed by atoms with Gasteiger partial charge < -0.3 is 20.5 Å². The fourth-order valence-electron chi connectivity index (χ4n) is 5.92. The third-order valence-corrected chi connectivity index (χ3v) is 7.87. The molecule has 1 aromatic rings. The summed E-state index contributed by atoms with van der Waals surface area (Å²) in [5, 5.41) is 14.4. The van der Waals surface area contributed by atoms with E-state index in [2.05, 4.69) is 33.5 Å². The van der Waals surface area contributed by atoms with Crippen molar-refractivity contribution in [3.63, 3.8) is 0 Å². The fourth-order valence-corrected chi connectivity index (χ4v) is 5.92. The first-order chi connectivity index (χ1) is 16.0. The Morgan fingerprint density at radius 1 is 1.12 bits per heavy atom. The summed E-state index contributed by atoms with van der Waals surface area (Å²) in [6.45, 7) is 3.21. The van der Waals surface area contributed by atoms with Crippen LogP contribution in [0, 0.1) is 17.2 Å².